The Morgan fingerprint density at radius 2 is 2.10 bits per heavy atom. The van der Waals surface area contributed by atoms with Gasteiger partial charge < -0.3 is 15.0 Å². The molecule has 1 saturated heterocycles. The minimum absolute atomic E-state index is 0.142. The summed E-state index contributed by atoms with van der Waals surface area (Å²) in [6.07, 6.45) is 3.57. The van der Waals surface area contributed by atoms with Gasteiger partial charge in [-0.05, 0) is 52.6 Å². The summed E-state index contributed by atoms with van der Waals surface area (Å²) in [6.45, 7) is 3.29. The first-order valence-corrected chi connectivity index (χ1v) is 11.3. The Kier molecular flexibility index (Phi) is 6.44. The highest BCUT2D eigenvalue weighted by Crippen LogP contribution is 2.31. The summed E-state index contributed by atoms with van der Waals surface area (Å²) < 4.78 is 6.15. The van der Waals surface area contributed by atoms with Crippen LogP contribution in [0.5, 0.6) is 0 Å². The lowest BCUT2D eigenvalue weighted by atomic mass is 9.87. The van der Waals surface area contributed by atoms with Gasteiger partial charge in [0, 0.05) is 31.9 Å². The fourth-order valence-electron chi connectivity index (χ4n) is 3.96. The number of nitrogens with one attached hydrogen (secondary N) is 1. The molecule has 1 atom stereocenters. The molecule has 0 saturated carbocycles. The number of amides is 2. The normalized spacial score (nSPS) is 18.5. The van der Waals surface area contributed by atoms with Crippen LogP contribution >= 0.6 is 11.3 Å². The largest absolute Gasteiger partial charge is 0.361 e. The van der Waals surface area contributed by atoms with E-state index in [1.165, 1.54) is 0 Å². The first-order valence-electron chi connectivity index (χ1n) is 10.3. The molecule has 1 aromatic carbocycles. The summed E-state index contributed by atoms with van der Waals surface area (Å²) in [5.41, 5.74) is 2.56. The number of likely N-dealkylation sites (N-methyl/N-ethyl adjacent to an activating group) is 1. The first kappa shape index (κ1) is 21.2. The molecular formula is C24H25N3O3S. The van der Waals surface area contributed by atoms with Crippen molar-refractivity contribution in [2.75, 3.05) is 26.2 Å². The second-order valence-electron chi connectivity index (χ2n) is 7.52. The minimum atomic E-state index is -1.15. The Morgan fingerprint density at radius 1 is 1.23 bits per heavy atom. The number of pyridine rings is 1. The Bertz CT molecular complexity index is 1040. The standard InChI is InChI=1S/C24H25N3O3S/c1-2-26-23(29)24(14-18-6-3-4-8-21(18)20-9-13-31-16-20)17-27(11-12-30-24)22(28)19-7-5-10-25-15-19/h3-10,13,15-16H,2,11-12,14,17H2,1H3,(H,26,29)/t24-/m0/s1. The minimum Gasteiger partial charge on any atom is -0.361 e. The van der Waals surface area contributed by atoms with E-state index in [4.69, 9.17) is 4.74 Å². The van der Waals surface area contributed by atoms with Crippen molar-refractivity contribution in [3.05, 3.63) is 76.7 Å². The fourth-order valence-corrected chi connectivity index (χ4v) is 4.61. The number of carbonyl (C=O) groups excluding carboxylic acids is 2. The Balaban J connectivity index is 1.67. The Morgan fingerprint density at radius 3 is 2.84 bits per heavy atom. The molecule has 1 N–H and O–H groups in total. The molecule has 7 heteroatoms. The third-order valence-electron chi connectivity index (χ3n) is 5.46. The maximum atomic E-state index is 13.2. The fraction of sp³-hybridized carbons (Fsp3) is 0.292. The van der Waals surface area contributed by atoms with Gasteiger partial charge in [-0.25, -0.2) is 0 Å². The van der Waals surface area contributed by atoms with E-state index in [2.05, 4.69) is 27.8 Å². The van der Waals surface area contributed by atoms with Crippen molar-refractivity contribution in [3.63, 3.8) is 0 Å². The molecular weight excluding hydrogens is 410 g/mol. The number of ether oxygens (including phenoxy) is 1. The van der Waals surface area contributed by atoms with E-state index < -0.39 is 5.60 Å². The zero-order valence-electron chi connectivity index (χ0n) is 17.4. The number of rotatable bonds is 6. The van der Waals surface area contributed by atoms with Gasteiger partial charge in [0.25, 0.3) is 11.8 Å². The van der Waals surface area contributed by atoms with Gasteiger partial charge in [0.2, 0.25) is 0 Å². The van der Waals surface area contributed by atoms with Crippen LogP contribution in [0.2, 0.25) is 0 Å². The summed E-state index contributed by atoms with van der Waals surface area (Å²) in [4.78, 5) is 32.1. The topological polar surface area (TPSA) is 71.5 Å². The summed E-state index contributed by atoms with van der Waals surface area (Å²) in [7, 11) is 0. The number of carbonyl (C=O) groups is 2. The molecule has 2 amide bonds. The third kappa shape index (κ3) is 4.52. The van der Waals surface area contributed by atoms with Gasteiger partial charge in [-0.3, -0.25) is 14.6 Å². The van der Waals surface area contributed by atoms with Crippen molar-refractivity contribution in [2.45, 2.75) is 18.9 Å². The van der Waals surface area contributed by atoms with Crippen LogP contribution in [-0.4, -0.2) is 53.5 Å². The van der Waals surface area contributed by atoms with E-state index >= 15 is 0 Å². The second kappa shape index (κ2) is 9.41. The van der Waals surface area contributed by atoms with E-state index in [0.717, 1.165) is 16.7 Å². The van der Waals surface area contributed by atoms with Gasteiger partial charge >= 0.3 is 0 Å². The predicted molar refractivity (Wildman–Crippen MR) is 121 cm³/mol. The lowest BCUT2D eigenvalue weighted by Gasteiger charge is -2.42. The Labute approximate surface area is 185 Å². The van der Waals surface area contributed by atoms with Crippen LogP contribution < -0.4 is 5.32 Å². The molecule has 1 fully saturated rings. The summed E-state index contributed by atoms with van der Waals surface area (Å²) in [5.74, 6) is -0.338. The van der Waals surface area contributed by atoms with Crippen LogP contribution in [0, 0.1) is 0 Å². The molecule has 3 aromatic rings. The summed E-state index contributed by atoms with van der Waals surface area (Å²) >= 11 is 1.64. The van der Waals surface area contributed by atoms with Crippen molar-refractivity contribution < 1.29 is 14.3 Å². The van der Waals surface area contributed by atoms with E-state index in [9.17, 15) is 9.59 Å². The number of nitrogens with zero attached hydrogens (tertiary/aromatic N) is 2. The zero-order chi connectivity index (χ0) is 21.7. The van der Waals surface area contributed by atoms with E-state index in [-0.39, 0.29) is 18.4 Å². The SMILES string of the molecule is CCNC(=O)[C@]1(Cc2ccccc2-c2ccsc2)CN(C(=O)c2cccnc2)CCO1. The second-order valence-corrected chi connectivity index (χ2v) is 8.30. The van der Waals surface area contributed by atoms with Crippen LogP contribution in [0.3, 0.4) is 0 Å². The van der Waals surface area contributed by atoms with Crippen molar-refractivity contribution >= 4 is 23.2 Å². The monoisotopic (exact) mass is 435 g/mol. The van der Waals surface area contributed by atoms with Crippen molar-refractivity contribution in [2.24, 2.45) is 0 Å². The van der Waals surface area contributed by atoms with Crippen molar-refractivity contribution in [3.8, 4) is 11.1 Å². The maximum Gasteiger partial charge on any atom is 0.255 e. The van der Waals surface area contributed by atoms with E-state index in [1.54, 1.807) is 40.8 Å². The number of benzene rings is 1. The summed E-state index contributed by atoms with van der Waals surface area (Å²) in [5, 5.41) is 7.05. The van der Waals surface area contributed by atoms with Gasteiger partial charge in [-0.15, -0.1) is 0 Å². The average molecular weight is 436 g/mol. The van der Waals surface area contributed by atoms with Gasteiger partial charge in [-0.2, -0.15) is 11.3 Å². The number of hydrogen-bond acceptors (Lipinski definition) is 5. The lowest BCUT2D eigenvalue weighted by molar-refractivity contribution is -0.157. The van der Waals surface area contributed by atoms with Gasteiger partial charge in [0.1, 0.15) is 0 Å². The van der Waals surface area contributed by atoms with Crippen LogP contribution in [0.25, 0.3) is 11.1 Å². The average Bonchev–Trinajstić information content (AvgIpc) is 3.35. The van der Waals surface area contributed by atoms with Crippen LogP contribution in [0.1, 0.15) is 22.8 Å². The molecule has 4 rings (SSSR count). The third-order valence-corrected chi connectivity index (χ3v) is 6.14. The quantitative estimate of drug-likeness (QED) is 0.644. The highest BCUT2D eigenvalue weighted by Gasteiger charge is 2.45. The molecule has 0 bridgehead atoms. The van der Waals surface area contributed by atoms with Crippen molar-refractivity contribution in [1.82, 2.24) is 15.2 Å². The maximum absolute atomic E-state index is 13.2. The number of morpholine rings is 1. The van der Waals surface area contributed by atoms with Crippen molar-refractivity contribution in [1.29, 1.82) is 0 Å². The molecule has 1 aliphatic rings. The summed E-state index contributed by atoms with van der Waals surface area (Å²) in [6, 6.07) is 13.6. The van der Waals surface area contributed by atoms with Gasteiger partial charge in [-0.1, -0.05) is 24.3 Å². The molecule has 3 heterocycles. The molecule has 0 radical (unpaired) electrons. The molecule has 0 spiro atoms. The molecule has 2 aromatic heterocycles. The number of hydrogen-bond donors (Lipinski definition) is 1. The van der Waals surface area contributed by atoms with Crippen LogP contribution in [-0.2, 0) is 16.0 Å². The first-order chi connectivity index (χ1) is 15.1. The smallest absolute Gasteiger partial charge is 0.255 e. The predicted octanol–water partition coefficient (Wildman–Crippen LogP) is 3.40. The van der Waals surface area contributed by atoms with E-state index in [1.807, 2.05) is 30.5 Å². The molecule has 160 valence electrons. The zero-order valence-corrected chi connectivity index (χ0v) is 18.2. The highest BCUT2D eigenvalue weighted by molar-refractivity contribution is 7.08. The molecule has 0 aliphatic carbocycles. The lowest BCUT2D eigenvalue weighted by Crippen LogP contribution is -2.62. The molecule has 31 heavy (non-hydrogen) atoms. The molecule has 0 unspecified atom stereocenters. The van der Waals surface area contributed by atoms with Gasteiger partial charge in [0.05, 0.1) is 18.7 Å². The molecule has 6 nitrogen and oxygen atoms in total. The number of thiophene rings is 1. The highest BCUT2D eigenvalue weighted by atomic mass is 32.1. The molecule has 1 aliphatic heterocycles. The van der Waals surface area contributed by atoms with E-state index in [0.29, 0.717) is 31.7 Å². The van der Waals surface area contributed by atoms with Crippen LogP contribution in [0.4, 0.5) is 0 Å². The van der Waals surface area contributed by atoms with Gasteiger partial charge in [0.15, 0.2) is 5.60 Å². The number of aromatic nitrogens is 1. The Hall–Kier alpha value is -3.03. The van der Waals surface area contributed by atoms with Crippen LogP contribution in [0.15, 0.2) is 65.6 Å².